The van der Waals surface area contributed by atoms with Gasteiger partial charge in [-0.1, -0.05) is 0 Å². The summed E-state index contributed by atoms with van der Waals surface area (Å²) in [5.74, 6) is -0.0356. The van der Waals surface area contributed by atoms with Crippen molar-refractivity contribution in [1.29, 1.82) is 0 Å². The van der Waals surface area contributed by atoms with Crippen LogP contribution in [-0.4, -0.2) is 40.4 Å². The zero-order valence-electron chi connectivity index (χ0n) is 8.89. The van der Waals surface area contributed by atoms with Gasteiger partial charge in [-0.05, 0) is 19.9 Å². The molecule has 0 aliphatic carbocycles. The Morgan fingerprint density at radius 3 is 2.67 bits per heavy atom. The highest BCUT2D eigenvalue weighted by Gasteiger charge is 2.13. The van der Waals surface area contributed by atoms with E-state index in [9.17, 15) is 4.79 Å². The van der Waals surface area contributed by atoms with Gasteiger partial charge in [0.05, 0.1) is 5.56 Å². The molecular formula is C10H16N4O. The van der Waals surface area contributed by atoms with Crippen LogP contribution < -0.4 is 5.73 Å². The highest BCUT2D eigenvalue weighted by Crippen LogP contribution is 2.02. The third-order valence-corrected chi connectivity index (χ3v) is 2.11. The molecule has 1 aromatic rings. The minimum absolute atomic E-state index is 0.0356. The molecule has 0 fully saturated rings. The summed E-state index contributed by atoms with van der Waals surface area (Å²) >= 11 is 0. The maximum atomic E-state index is 11.9. The zero-order chi connectivity index (χ0) is 11.1. The predicted octanol–water partition coefficient (Wildman–Crippen LogP) is 0.287. The van der Waals surface area contributed by atoms with Crippen molar-refractivity contribution in [1.82, 2.24) is 14.9 Å². The first kappa shape index (κ1) is 11.6. The maximum Gasteiger partial charge on any atom is 0.256 e. The lowest BCUT2D eigenvalue weighted by Crippen LogP contribution is -2.32. The fraction of sp³-hybridized carbons (Fsp3) is 0.500. The average Bonchev–Trinajstić information content (AvgIpc) is 2.31. The Kier molecular flexibility index (Phi) is 4.70. The van der Waals surface area contributed by atoms with E-state index in [4.69, 9.17) is 5.73 Å². The van der Waals surface area contributed by atoms with Crippen LogP contribution in [-0.2, 0) is 0 Å². The van der Waals surface area contributed by atoms with Crippen molar-refractivity contribution in [3.05, 3.63) is 24.3 Å². The zero-order valence-corrected chi connectivity index (χ0v) is 8.89. The van der Waals surface area contributed by atoms with Gasteiger partial charge in [-0.15, -0.1) is 0 Å². The topological polar surface area (TPSA) is 72.1 Å². The van der Waals surface area contributed by atoms with Gasteiger partial charge in [0.2, 0.25) is 0 Å². The van der Waals surface area contributed by atoms with Crippen molar-refractivity contribution in [2.75, 3.05) is 19.6 Å². The largest absolute Gasteiger partial charge is 0.339 e. The maximum absolute atomic E-state index is 11.9. The Bertz CT molecular complexity index is 302. The lowest BCUT2D eigenvalue weighted by molar-refractivity contribution is 0.0762. The van der Waals surface area contributed by atoms with Crippen molar-refractivity contribution in [3.8, 4) is 0 Å². The molecule has 0 unspecified atom stereocenters. The Labute approximate surface area is 89.3 Å². The molecule has 0 aromatic carbocycles. The molecule has 1 amide bonds. The van der Waals surface area contributed by atoms with E-state index in [0.717, 1.165) is 6.42 Å². The van der Waals surface area contributed by atoms with E-state index in [-0.39, 0.29) is 5.91 Å². The molecule has 0 aliphatic heterocycles. The molecule has 15 heavy (non-hydrogen) atoms. The van der Waals surface area contributed by atoms with Gasteiger partial charge in [-0.3, -0.25) is 4.79 Å². The highest BCUT2D eigenvalue weighted by molar-refractivity contribution is 5.93. The van der Waals surface area contributed by atoms with E-state index in [0.29, 0.717) is 25.2 Å². The van der Waals surface area contributed by atoms with Gasteiger partial charge in [-0.25, -0.2) is 9.97 Å². The van der Waals surface area contributed by atoms with Crippen LogP contribution >= 0.6 is 0 Å². The van der Waals surface area contributed by atoms with Gasteiger partial charge in [-0.2, -0.15) is 0 Å². The fourth-order valence-corrected chi connectivity index (χ4v) is 1.28. The SMILES string of the molecule is CCN(CCCN)C(=O)c1cncnc1. The monoisotopic (exact) mass is 208 g/mol. The van der Waals surface area contributed by atoms with Crippen LogP contribution in [0.3, 0.4) is 0 Å². The normalized spacial score (nSPS) is 10.0. The number of amides is 1. The third kappa shape index (κ3) is 3.28. The minimum atomic E-state index is -0.0356. The van der Waals surface area contributed by atoms with Crippen LogP contribution in [0.4, 0.5) is 0 Å². The Morgan fingerprint density at radius 2 is 2.13 bits per heavy atom. The van der Waals surface area contributed by atoms with Crippen molar-refractivity contribution in [2.45, 2.75) is 13.3 Å². The van der Waals surface area contributed by atoms with Crippen LogP contribution in [0.1, 0.15) is 23.7 Å². The predicted molar refractivity (Wildman–Crippen MR) is 57.3 cm³/mol. The summed E-state index contributed by atoms with van der Waals surface area (Å²) in [6, 6.07) is 0. The quantitative estimate of drug-likeness (QED) is 0.754. The summed E-state index contributed by atoms with van der Waals surface area (Å²) < 4.78 is 0. The van der Waals surface area contributed by atoms with E-state index in [1.165, 1.54) is 18.7 Å². The molecular weight excluding hydrogens is 192 g/mol. The summed E-state index contributed by atoms with van der Waals surface area (Å²) in [6.45, 7) is 3.89. The van der Waals surface area contributed by atoms with Gasteiger partial charge < -0.3 is 10.6 Å². The second kappa shape index (κ2) is 6.08. The molecule has 0 saturated heterocycles. The second-order valence-electron chi connectivity index (χ2n) is 3.15. The summed E-state index contributed by atoms with van der Waals surface area (Å²) in [7, 11) is 0. The van der Waals surface area contributed by atoms with E-state index in [1.807, 2.05) is 6.92 Å². The minimum Gasteiger partial charge on any atom is -0.339 e. The Balaban J connectivity index is 2.65. The van der Waals surface area contributed by atoms with Crippen molar-refractivity contribution in [3.63, 3.8) is 0 Å². The van der Waals surface area contributed by atoms with Crippen molar-refractivity contribution < 1.29 is 4.79 Å². The molecule has 1 aromatic heterocycles. The highest BCUT2D eigenvalue weighted by atomic mass is 16.2. The molecule has 5 nitrogen and oxygen atoms in total. The summed E-state index contributed by atoms with van der Waals surface area (Å²) in [5, 5.41) is 0. The number of nitrogens with two attached hydrogens (primary N) is 1. The molecule has 5 heteroatoms. The van der Waals surface area contributed by atoms with E-state index < -0.39 is 0 Å². The van der Waals surface area contributed by atoms with E-state index >= 15 is 0 Å². The summed E-state index contributed by atoms with van der Waals surface area (Å²) in [4.78, 5) is 21.3. The average molecular weight is 208 g/mol. The third-order valence-electron chi connectivity index (χ3n) is 2.11. The van der Waals surface area contributed by atoms with Crippen LogP contribution in [0.5, 0.6) is 0 Å². The van der Waals surface area contributed by atoms with Gasteiger partial charge >= 0.3 is 0 Å². The summed E-state index contributed by atoms with van der Waals surface area (Å²) in [6.07, 6.45) is 5.28. The molecule has 0 aliphatic rings. The lowest BCUT2D eigenvalue weighted by atomic mass is 10.2. The van der Waals surface area contributed by atoms with Crippen LogP contribution in [0.2, 0.25) is 0 Å². The van der Waals surface area contributed by atoms with E-state index in [1.54, 1.807) is 4.90 Å². The first-order chi connectivity index (χ1) is 7.29. The molecule has 0 radical (unpaired) electrons. The molecule has 1 rings (SSSR count). The fourth-order valence-electron chi connectivity index (χ4n) is 1.28. The molecule has 0 atom stereocenters. The number of hydrogen-bond acceptors (Lipinski definition) is 4. The summed E-state index contributed by atoms with van der Waals surface area (Å²) in [5.41, 5.74) is 5.93. The first-order valence-corrected chi connectivity index (χ1v) is 5.04. The molecule has 2 N–H and O–H groups in total. The Hall–Kier alpha value is -1.49. The molecule has 0 bridgehead atoms. The smallest absolute Gasteiger partial charge is 0.256 e. The van der Waals surface area contributed by atoms with Crippen LogP contribution in [0.25, 0.3) is 0 Å². The van der Waals surface area contributed by atoms with Gasteiger partial charge in [0, 0.05) is 25.5 Å². The lowest BCUT2D eigenvalue weighted by Gasteiger charge is -2.19. The van der Waals surface area contributed by atoms with Gasteiger partial charge in [0.25, 0.3) is 5.91 Å². The second-order valence-corrected chi connectivity index (χ2v) is 3.15. The van der Waals surface area contributed by atoms with Crippen LogP contribution in [0, 0.1) is 0 Å². The number of carbonyl (C=O) groups excluding carboxylic acids is 1. The molecule has 1 heterocycles. The van der Waals surface area contributed by atoms with Crippen molar-refractivity contribution in [2.24, 2.45) is 5.73 Å². The number of hydrogen-bond donors (Lipinski definition) is 1. The van der Waals surface area contributed by atoms with Crippen LogP contribution in [0.15, 0.2) is 18.7 Å². The molecule has 82 valence electrons. The number of carbonyl (C=O) groups is 1. The van der Waals surface area contributed by atoms with Gasteiger partial charge in [0.15, 0.2) is 0 Å². The first-order valence-electron chi connectivity index (χ1n) is 5.04. The van der Waals surface area contributed by atoms with Gasteiger partial charge in [0.1, 0.15) is 6.33 Å². The van der Waals surface area contributed by atoms with Crippen molar-refractivity contribution >= 4 is 5.91 Å². The number of rotatable bonds is 5. The molecule has 0 saturated carbocycles. The number of aromatic nitrogens is 2. The Morgan fingerprint density at radius 1 is 1.47 bits per heavy atom. The standard InChI is InChI=1S/C10H16N4O/c1-2-14(5-3-4-11)10(15)9-6-12-8-13-7-9/h6-8H,2-5,11H2,1H3. The number of nitrogens with zero attached hydrogens (tertiary/aromatic N) is 3. The molecule has 0 spiro atoms. The van der Waals surface area contributed by atoms with E-state index in [2.05, 4.69) is 9.97 Å².